The summed E-state index contributed by atoms with van der Waals surface area (Å²) in [5.41, 5.74) is 0. The van der Waals surface area contributed by atoms with Crippen LogP contribution in [0.4, 0.5) is 0 Å². The molecule has 316 valence electrons. The molecule has 0 aromatic rings. The SMILES string of the molecule is CCCCCCCC/C=C/C/C=C/C/C=C/CCCC(=O)O[C@H](COC(=O)CCCCCCCCCCCCCCCCCCCCC)COP(=O)(O)O. The molecule has 0 aromatic carbocycles. The highest BCUT2D eigenvalue weighted by atomic mass is 31.2. The second kappa shape index (κ2) is 40.9. The third-order valence-electron chi connectivity index (χ3n) is 9.66. The van der Waals surface area contributed by atoms with Gasteiger partial charge in [0.05, 0.1) is 6.61 Å². The lowest BCUT2D eigenvalue weighted by atomic mass is 10.0. The number of ether oxygens (including phenoxy) is 2. The molecule has 0 bridgehead atoms. The first-order valence-corrected chi connectivity index (χ1v) is 23.8. The van der Waals surface area contributed by atoms with Crippen LogP contribution in [0.15, 0.2) is 36.5 Å². The van der Waals surface area contributed by atoms with Gasteiger partial charge in [0.15, 0.2) is 6.10 Å². The smallest absolute Gasteiger partial charge is 0.462 e. The fourth-order valence-electron chi connectivity index (χ4n) is 6.33. The van der Waals surface area contributed by atoms with Gasteiger partial charge in [0, 0.05) is 12.8 Å². The summed E-state index contributed by atoms with van der Waals surface area (Å²) in [7, 11) is -4.77. The molecule has 0 radical (unpaired) electrons. The van der Waals surface area contributed by atoms with E-state index in [1.165, 1.54) is 141 Å². The van der Waals surface area contributed by atoms with Crippen LogP contribution in [0.3, 0.4) is 0 Å². The molecule has 0 saturated carbocycles. The van der Waals surface area contributed by atoms with E-state index in [9.17, 15) is 14.2 Å². The Hall–Kier alpha value is -1.73. The standard InChI is InChI=1S/C45H83O8P/c1-3-5-7-9-11-13-15-17-19-21-22-24-25-27-29-31-33-35-37-39-44(46)51-41-43(42-52-54(48,49)50)53-45(47)40-38-36-34-32-30-28-26-23-20-18-16-14-12-10-8-6-4-2/h18,20,26,28,32,34,43H,3-17,19,21-25,27,29-31,33,35-42H2,1-2H3,(H2,48,49,50)/b20-18+,28-26+,34-32+/t43-/m1/s1. The Morgan fingerprint density at radius 1 is 0.481 bits per heavy atom. The third-order valence-corrected chi connectivity index (χ3v) is 10.1. The molecule has 0 spiro atoms. The number of unbranched alkanes of at least 4 members (excludes halogenated alkanes) is 25. The molecular formula is C45H83O8P. The van der Waals surface area contributed by atoms with Crippen molar-refractivity contribution in [3.63, 3.8) is 0 Å². The summed E-state index contributed by atoms with van der Waals surface area (Å²) in [6.07, 6.45) is 48.8. The molecule has 0 aliphatic rings. The van der Waals surface area contributed by atoms with E-state index in [1.54, 1.807) is 0 Å². The van der Waals surface area contributed by atoms with E-state index in [-0.39, 0.29) is 19.4 Å². The molecule has 0 fully saturated rings. The van der Waals surface area contributed by atoms with E-state index in [0.29, 0.717) is 12.8 Å². The highest BCUT2D eigenvalue weighted by Gasteiger charge is 2.22. The van der Waals surface area contributed by atoms with Crippen molar-refractivity contribution < 1.29 is 37.9 Å². The van der Waals surface area contributed by atoms with Crippen LogP contribution in [0, 0.1) is 0 Å². The van der Waals surface area contributed by atoms with E-state index in [2.05, 4.69) is 48.8 Å². The van der Waals surface area contributed by atoms with Gasteiger partial charge in [-0.3, -0.25) is 14.1 Å². The van der Waals surface area contributed by atoms with Crippen LogP contribution < -0.4 is 0 Å². The predicted molar refractivity (Wildman–Crippen MR) is 225 cm³/mol. The number of esters is 2. The van der Waals surface area contributed by atoms with Crippen molar-refractivity contribution in [2.45, 2.75) is 225 Å². The van der Waals surface area contributed by atoms with Crippen LogP contribution in [0.1, 0.15) is 219 Å². The second-order valence-corrected chi connectivity index (χ2v) is 16.3. The lowest BCUT2D eigenvalue weighted by Crippen LogP contribution is -2.29. The monoisotopic (exact) mass is 783 g/mol. The van der Waals surface area contributed by atoms with Gasteiger partial charge in [-0.25, -0.2) is 4.57 Å². The molecule has 2 N–H and O–H groups in total. The summed E-state index contributed by atoms with van der Waals surface area (Å²) in [5.74, 6) is -0.937. The molecule has 1 atom stereocenters. The average Bonchev–Trinajstić information content (AvgIpc) is 3.14. The minimum atomic E-state index is -4.77. The van der Waals surface area contributed by atoms with Crippen molar-refractivity contribution in [3.05, 3.63) is 36.5 Å². The van der Waals surface area contributed by atoms with E-state index in [0.717, 1.165) is 38.5 Å². The minimum Gasteiger partial charge on any atom is -0.462 e. The maximum absolute atomic E-state index is 12.4. The normalized spacial score (nSPS) is 12.7. The topological polar surface area (TPSA) is 119 Å². The molecular weight excluding hydrogens is 699 g/mol. The van der Waals surface area contributed by atoms with Gasteiger partial charge in [-0.05, 0) is 44.9 Å². The average molecular weight is 783 g/mol. The third kappa shape index (κ3) is 43.0. The predicted octanol–water partition coefficient (Wildman–Crippen LogP) is 13.7. The van der Waals surface area contributed by atoms with Gasteiger partial charge >= 0.3 is 19.8 Å². The Morgan fingerprint density at radius 2 is 0.852 bits per heavy atom. The summed E-state index contributed by atoms with van der Waals surface area (Å²) >= 11 is 0. The summed E-state index contributed by atoms with van der Waals surface area (Å²) in [4.78, 5) is 42.9. The second-order valence-electron chi connectivity index (χ2n) is 15.0. The highest BCUT2D eigenvalue weighted by molar-refractivity contribution is 7.46. The number of allylic oxidation sites excluding steroid dienone is 6. The van der Waals surface area contributed by atoms with Gasteiger partial charge in [0.1, 0.15) is 6.61 Å². The largest absolute Gasteiger partial charge is 0.469 e. The van der Waals surface area contributed by atoms with Gasteiger partial charge < -0.3 is 19.3 Å². The van der Waals surface area contributed by atoms with Gasteiger partial charge in [-0.2, -0.15) is 0 Å². The summed E-state index contributed by atoms with van der Waals surface area (Å²) in [6.45, 7) is 3.66. The first-order chi connectivity index (χ1) is 26.3. The van der Waals surface area contributed by atoms with Crippen molar-refractivity contribution in [3.8, 4) is 0 Å². The first kappa shape index (κ1) is 52.3. The minimum absolute atomic E-state index is 0.142. The number of rotatable bonds is 41. The van der Waals surface area contributed by atoms with Crippen LogP contribution in [0.25, 0.3) is 0 Å². The van der Waals surface area contributed by atoms with Crippen LogP contribution in [0.5, 0.6) is 0 Å². The zero-order valence-corrected chi connectivity index (χ0v) is 35.8. The number of phosphoric ester groups is 1. The zero-order chi connectivity index (χ0) is 39.6. The molecule has 0 amide bonds. The molecule has 0 aromatic heterocycles. The van der Waals surface area contributed by atoms with E-state index >= 15 is 0 Å². The zero-order valence-electron chi connectivity index (χ0n) is 34.9. The molecule has 0 aliphatic heterocycles. The molecule has 8 nitrogen and oxygen atoms in total. The van der Waals surface area contributed by atoms with Gasteiger partial charge in [-0.15, -0.1) is 0 Å². The number of phosphoric acid groups is 1. The van der Waals surface area contributed by atoms with Crippen molar-refractivity contribution in [2.24, 2.45) is 0 Å². The van der Waals surface area contributed by atoms with Crippen LogP contribution in [0.2, 0.25) is 0 Å². The molecule has 0 saturated heterocycles. The molecule has 0 heterocycles. The quantitative estimate of drug-likeness (QED) is 0.0272. The summed E-state index contributed by atoms with van der Waals surface area (Å²) in [5, 5.41) is 0. The van der Waals surface area contributed by atoms with Gasteiger partial charge in [0.2, 0.25) is 0 Å². The Morgan fingerprint density at radius 3 is 1.30 bits per heavy atom. The Labute approximate surface area is 332 Å². The molecule has 54 heavy (non-hydrogen) atoms. The molecule has 0 rings (SSSR count). The number of carbonyl (C=O) groups excluding carboxylic acids is 2. The number of carbonyl (C=O) groups is 2. The van der Waals surface area contributed by atoms with Gasteiger partial charge in [-0.1, -0.05) is 198 Å². The maximum atomic E-state index is 12.4. The van der Waals surface area contributed by atoms with Crippen molar-refractivity contribution in [1.82, 2.24) is 0 Å². The fourth-order valence-corrected chi connectivity index (χ4v) is 6.69. The fraction of sp³-hybridized carbons (Fsp3) is 0.822. The van der Waals surface area contributed by atoms with E-state index in [1.807, 2.05) is 6.08 Å². The van der Waals surface area contributed by atoms with E-state index in [4.69, 9.17) is 19.3 Å². The first-order valence-electron chi connectivity index (χ1n) is 22.3. The Kier molecular flexibility index (Phi) is 39.6. The lowest BCUT2D eigenvalue weighted by Gasteiger charge is -2.18. The summed E-state index contributed by atoms with van der Waals surface area (Å²) < 4.78 is 26.4. The number of hydrogen-bond acceptors (Lipinski definition) is 6. The Bertz CT molecular complexity index is 973. The molecule has 9 heteroatoms. The molecule has 0 unspecified atom stereocenters. The van der Waals surface area contributed by atoms with Crippen molar-refractivity contribution in [1.29, 1.82) is 0 Å². The van der Waals surface area contributed by atoms with Crippen LogP contribution >= 0.6 is 7.82 Å². The van der Waals surface area contributed by atoms with Gasteiger partial charge in [0.25, 0.3) is 0 Å². The molecule has 0 aliphatic carbocycles. The Balaban J connectivity index is 3.93. The van der Waals surface area contributed by atoms with Crippen LogP contribution in [-0.2, 0) is 28.2 Å². The van der Waals surface area contributed by atoms with Crippen molar-refractivity contribution >= 4 is 19.8 Å². The van der Waals surface area contributed by atoms with Crippen molar-refractivity contribution in [2.75, 3.05) is 13.2 Å². The lowest BCUT2D eigenvalue weighted by molar-refractivity contribution is -0.161. The summed E-state index contributed by atoms with van der Waals surface area (Å²) in [6, 6.07) is 0. The highest BCUT2D eigenvalue weighted by Crippen LogP contribution is 2.36. The number of hydrogen-bond donors (Lipinski definition) is 2. The van der Waals surface area contributed by atoms with E-state index < -0.39 is 32.5 Å². The maximum Gasteiger partial charge on any atom is 0.469 e. The van der Waals surface area contributed by atoms with Crippen LogP contribution in [-0.4, -0.2) is 41.0 Å².